The number of anilines is 1. The zero-order valence-corrected chi connectivity index (χ0v) is 12.0. The minimum atomic E-state index is 0.419. The Bertz CT molecular complexity index is 427. The maximum absolute atomic E-state index is 8.72. The van der Waals surface area contributed by atoms with Crippen molar-refractivity contribution in [3.8, 4) is 6.07 Å². The summed E-state index contributed by atoms with van der Waals surface area (Å²) in [6.07, 6.45) is 0.562. The summed E-state index contributed by atoms with van der Waals surface area (Å²) in [5, 5.41) is 16.3. The Balaban J connectivity index is 2.90. The summed E-state index contributed by atoms with van der Waals surface area (Å²) in [5.74, 6) is 1.05. The fourth-order valence-electron chi connectivity index (χ4n) is 2.12. The Kier molecular flexibility index (Phi) is 5.17. The van der Waals surface area contributed by atoms with Crippen molar-refractivity contribution in [2.45, 2.75) is 39.8 Å². The molecule has 0 unspecified atom stereocenters. The highest BCUT2D eigenvalue weighted by molar-refractivity contribution is 5.46. The summed E-state index contributed by atoms with van der Waals surface area (Å²) < 4.78 is 1.87. The van der Waals surface area contributed by atoms with Gasteiger partial charge in [-0.15, -0.1) is 0 Å². The topological polar surface area (TPSA) is 56.9 Å². The van der Waals surface area contributed by atoms with Crippen LogP contribution in [0.25, 0.3) is 0 Å². The van der Waals surface area contributed by atoms with Crippen molar-refractivity contribution in [3.05, 3.63) is 11.3 Å². The van der Waals surface area contributed by atoms with E-state index in [0.29, 0.717) is 12.5 Å². The number of nitrogens with zero attached hydrogens (tertiary/aromatic N) is 4. The van der Waals surface area contributed by atoms with Gasteiger partial charge < -0.3 is 5.32 Å². The van der Waals surface area contributed by atoms with Gasteiger partial charge in [0, 0.05) is 45.2 Å². The molecule has 0 aliphatic carbocycles. The van der Waals surface area contributed by atoms with Gasteiger partial charge in [-0.25, -0.2) is 0 Å². The van der Waals surface area contributed by atoms with Crippen molar-refractivity contribution >= 4 is 5.82 Å². The first-order valence-corrected chi connectivity index (χ1v) is 6.32. The van der Waals surface area contributed by atoms with E-state index in [0.717, 1.165) is 24.6 Å². The quantitative estimate of drug-likeness (QED) is 0.836. The molecule has 0 bridgehead atoms. The lowest BCUT2D eigenvalue weighted by Crippen LogP contribution is -2.31. The van der Waals surface area contributed by atoms with Gasteiger partial charge in [-0.1, -0.05) is 0 Å². The monoisotopic (exact) mass is 249 g/mol. The van der Waals surface area contributed by atoms with Gasteiger partial charge in [-0.2, -0.15) is 10.4 Å². The lowest BCUT2D eigenvalue weighted by atomic mass is 10.2. The maximum atomic E-state index is 8.72. The van der Waals surface area contributed by atoms with Crippen LogP contribution < -0.4 is 5.32 Å². The Labute approximate surface area is 109 Å². The van der Waals surface area contributed by atoms with Crippen LogP contribution in [-0.2, 0) is 13.6 Å². The van der Waals surface area contributed by atoms with E-state index in [-0.39, 0.29) is 0 Å². The third-order valence-electron chi connectivity index (χ3n) is 3.19. The van der Waals surface area contributed by atoms with E-state index in [4.69, 9.17) is 5.26 Å². The van der Waals surface area contributed by atoms with Gasteiger partial charge in [0.15, 0.2) is 0 Å². The molecule has 0 radical (unpaired) electrons. The van der Waals surface area contributed by atoms with Gasteiger partial charge in [0.1, 0.15) is 5.82 Å². The first-order chi connectivity index (χ1) is 8.51. The molecule has 0 atom stereocenters. The first kappa shape index (κ1) is 14.5. The zero-order chi connectivity index (χ0) is 13.7. The SMILES string of the molecule is CNc1c(CN(CCC#N)C(C)C)c(C)nn1C. The summed E-state index contributed by atoms with van der Waals surface area (Å²) in [6.45, 7) is 7.96. The van der Waals surface area contributed by atoms with Gasteiger partial charge in [-0.05, 0) is 20.8 Å². The normalized spacial score (nSPS) is 11.0. The molecule has 5 heteroatoms. The lowest BCUT2D eigenvalue weighted by Gasteiger charge is -2.25. The van der Waals surface area contributed by atoms with Crippen molar-refractivity contribution in [3.63, 3.8) is 0 Å². The van der Waals surface area contributed by atoms with Crippen LogP contribution in [0.3, 0.4) is 0 Å². The third-order valence-corrected chi connectivity index (χ3v) is 3.19. The van der Waals surface area contributed by atoms with Gasteiger partial charge in [0.25, 0.3) is 0 Å². The minimum absolute atomic E-state index is 0.419. The molecule has 0 spiro atoms. The fourth-order valence-corrected chi connectivity index (χ4v) is 2.12. The average molecular weight is 249 g/mol. The Morgan fingerprint density at radius 3 is 2.67 bits per heavy atom. The third kappa shape index (κ3) is 3.23. The highest BCUT2D eigenvalue weighted by Gasteiger charge is 2.17. The molecule has 0 fully saturated rings. The predicted molar refractivity (Wildman–Crippen MR) is 73.3 cm³/mol. The zero-order valence-electron chi connectivity index (χ0n) is 12.0. The van der Waals surface area contributed by atoms with Crippen molar-refractivity contribution in [2.75, 3.05) is 18.9 Å². The van der Waals surface area contributed by atoms with Crippen molar-refractivity contribution in [2.24, 2.45) is 7.05 Å². The molecular formula is C13H23N5. The molecule has 5 nitrogen and oxygen atoms in total. The molecule has 0 saturated heterocycles. The highest BCUT2D eigenvalue weighted by Crippen LogP contribution is 2.21. The summed E-state index contributed by atoms with van der Waals surface area (Å²) in [7, 11) is 3.85. The summed E-state index contributed by atoms with van der Waals surface area (Å²) in [6, 6.07) is 2.63. The van der Waals surface area contributed by atoms with Crippen LogP contribution >= 0.6 is 0 Å². The fraction of sp³-hybridized carbons (Fsp3) is 0.692. The number of hydrogen-bond donors (Lipinski definition) is 1. The number of rotatable bonds is 6. The predicted octanol–water partition coefficient (Wildman–Crippen LogP) is 1.89. The minimum Gasteiger partial charge on any atom is -0.373 e. The molecule has 1 rings (SSSR count). The molecule has 0 saturated carbocycles. The van der Waals surface area contributed by atoms with Crippen LogP contribution in [0.4, 0.5) is 5.82 Å². The van der Waals surface area contributed by atoms with E-state index in [2.05, 4.69) is 35.2 Å². The standard InChI is InChI=1S/C13H23N5/c1-10(2)18(8-6-7-14)9-12-11(3)16-17(5)13(12)15-4/h10,15H,6,8-9H2,1-5H3. The molecule has 1 aromatic rings. The second kappa shape index (κ2) is 6.41. The molecule has 0 aliphatic rings. The molecule has 0 amide bonds. The first-order valence-electron chi connectivity index (χ1n) is 6.32. The number of nitriles is 1. The second-order valence-electron chi connectivity index (χ2n) is 4.76. The Morgan fingerprint density at radius 2 is 2.17 bits per heavy atom. The molecule has 0 aromatic carbocycles. The smallest absolute Gasteiger partial charge is 0.128 e. The van der Waals surface area contributed by atoms with Crippen LogP contribution in [0, 0.1) is 18.3 Å². The largest absolute Gasteiger partial charge is 0.373 e. The Morgan fingerprint density at radius 1 is 1.50 bits per heavy atom. The second-order valence-corrected chi connectivity index (χ2v) is 4.76. The van der Waals surface area contributed by atoms with E-state index in [1.54, 1.807) is 0 Å². The van der Waals surface area contributed by atoms with Crippen LogP contribution in [-0.4, -0.2) is 34.3 Å². The van der Waals surface area contributed by atoms with E-state index in [1.165, 1.54) is 5.56 Å². The van der Waals surface area contributed by atoms with Gasteiger partial charge >= 0.3 is 0 Å². The van der Waals surface area contributed by atoms with Gasteiger partial charge in [-0.3, -0.25) is 9.58 Å². The lowest BCUT2D eigenvalue weighted by molar-refractivity contribution is 0.218. The van der Waals surface area contributed by atoms with Crippen LogP contribution in [0.1, 0.15) is 31.5 Å². The van der Waals surface area contributed by atoms with Crippen LogP contribution in [0.5, 0.6) is 0 Å². The molecule has 1 aromatic heterocycles. The highest BCUT2D eigenvalue weighted by atomic mass is 15.3. The molecule has 1 heterocycles. The van der Waals surface area contributed by atoms with Crippen molar-refractivity contribution in [1.29, 1.82) is 5.26 Å². The molecule has 18 heavy (non-hydrogen) atoms. The Hall–Kier alpha value is -1.54. The summed E-state index contributed by atoms with van der Waals surface area (Å²) in [5.41, 5.74) is 2.26. The number of nitrogens with one attached hydrogen (secondary N) is 1. The van der Waals surface area contributed by atoms with E-state index in [9.17, 15) is 0 Å². The number of aromatic nitrogens is 2. The number of aryl methyl sites for hydroxylation is 2. The van der Waals surface area contributed by atoms with E-state index in [1.807, 2.05) is 25.7 Å². The average Bonchev–Trinajstić information content (AvgIpc) is 2.58. The van der Waals surface area contributed by atoms with Gasteiger partial charge in [0.05, 0.1) is 11.8 Å². The number of hydrogen-bond acceptors (Lipinski definition) is 4. The van der Waals surface area contributed by atoms with E-state index < -0.39 is 0 Å². The van der Waals surface area contributed by atoms with Gasteiger partial charge in [0.2, 0.25) is 0 Å². The molecule has 1 N–H and O–H groups in total. The van der Waals surface area contributed by atoms with Crippen molar-refractivity contribution in [1.82, 2.24) is 14.7 Å². The molecule has 0 aliphatic heterocycles. The molecule has 100 valence electrons. The van der Waals surface area contributed by atoms with Crippen LogP contribution in [0.15, 0.2) is 0 Å². The summed E-state index contributed by atoms with van der Waals surface area (Å²) >= 11 is 0. The molecular weight excluding hydrogens is 226 g/mol. The maximum Gasteiger partial charge on any atom is 0.128 e. The van der Waals surface area contributed by atoms with Crippen molar-refractivity contribution < 1.29 is 0 Å². The summed E-state index contributed by atoms with van der Waals surface area (Å²) in [4.78, 5) is 2.30. The van der Waals surface area contributed by atoms with E-state index >= 15 is 0 Å². The van der Waals surface area contributed by atoms with Crippen LogP contribution in [0.2, 0.25) is 0 Å².